The summed E-state index contributed by atoms with van der Waals surface area (Å²) in [5.41, 5.74) is 2.08. The number of oxazole rings is 1. The Balaban J connectivity index is 1.93. The van der Waals surface area contributed by atoms with Gasteiger partial charge >= 0.3 is 0 Å². The Bertz CT molecular complexity index is 902. The van der Waals surface area contributed by atoms with Crippen molar-refractivity contribution < 1.29 is 13.9 Å². The lowest BCUT2D eigenvalue weighted by atomic mass is 10.1. The summed E-state index contributed by atoms with van der Waals surface area (Å²) in [7, 11) is 1.62. The van der Waals surface area contributed by atoms with Crippen molar-refractivity contribution in [2.45, 2.75) is 26.3 Å². The van der Waals surface area contributed by atoms with Gasteiger partial charge < -0.3 is 14.5 Å². The van der Waals surface area contributed by atoms with Crippen molar-refractivity contribution in [3.8, 4) is 28.5 Å². The average Bonchev–Trinajstić information content (AvgIpc) is 3.18. The molecule has 26 heavy (non-hydrogen) atoms. The van der Waals surface area contributed by atoms with Gasteiger partial charge in [0.15, 0.2) is 5.76 Å². The van der Waals surface area contributed by atoms with Crippen LogP contribution in [0.4, 0.5) is 0 Å². The fraction of sp³-hybridized carbons (Fsp3) is 0.238. The topological polar surface area (TPSA) is 64.4 Å². The Hall–Kier alpha value is -3.08. The van der Waals surface area contributed by atoms with E-state index in [9.17, 15) is 4.79 Å². The molecule has 0 saturated carbocycles. The lowest BCUT2D eigenvalue weighted by Gasteiger charge is -2.12. The second kappa shape index (κ2) is 7.87. The second-order valence-electron chi connectivity index (χ2n) is 6.09. The third-order valence-electron chi connectivity index (χ3n) is 4.25. The Morgan fingerprint density at radius 2 is 2.04 bits per heavy atom. The third kappa shape index (κ3) is 3.77. The molecule has 0 fully saturated rings. The van der Waals surface area contributed by atoms with Crippen LogP contribution in [-0.4, -0.2) is 24.0 Å². The first-order valence-electron chi connectivity index (χ1n) is 8.63. The van der Waals surface area contributed by atoms with Gasteiger partial charge in [-0.2, -0.15) is 0 Å². The number of aromatic nitrogens is 1. The molecule has 0 spiro atoms. The molecule has 1 amide bonds. The molecule has 0 radical (unpaired) electrons. The number of amides is 1. The first-order chi connectivity index (χ1) is 12.6. The van der Waals surface area contributed by atoms with Gasteiger partial charge in [0.05, 0.1) is 18.9 Å². The molecule has 5 nitrogen and oxygen atoms in total. The molecule has 0 saturated heterocycles. The summed E-state index contributed by atoms with van der Waals surface area (Å²) < 4.78 is 11.2. The largest absolute Gasteiger partial charge is 0.497 e. The highest BCUT2D eigenvalue weighted by Gasteiger charge is 2.18. The zero-order valence-corrected chi connectivity index (χ0v) is 15.2. The maximum absolute atomic E-state index is 12.6. The van der Waals surface area contributed by atoms with E-state index in [-0.39, 0.29) is 11.9 Å². The molecule has 0 aliphatic rings. The molecule has 1 aromatic heterocycles. The fourth-order valence-corrected chi connectivity index (χ4v) is 2.58. The molecular formula is C21H22N2O3. The van der Waals surface area contributed by atoms with Crippen molar-refractivity contribution in [2.75, 3.05) is 7.11 Å². The van der Waals surface area contributed by atoms with E-state index < -0.39 is 0 Å². The molecule has 0 unspecified atom stereocenters. The van der Waals surface area contributed by atoms with Crippen LogP contribution in [0.3, 0.4) is 0 Å². The minimum atomic E-state index is -0.129. The molecule has 3 rings (SSSR count). The summed E-state index contributed by atoms with van der Waals surface area (Å²) in [5.74, 6) is 1.65. The zero-order chi connectivity index (χ0) is 18.5. The van der Waals surface area contributed by atoms with E-state index in [0.29, 0.717) is 22.8 Å². The lowest BCUT2D eigenvalue weighted by molar-refractivity contribution is 0.0939. The maximum Gasteiger partial charge on any atom is 0.252 e. The van der Waals surface area contributed by atoms with E-state index in [1.165, 1.54) is 0 Å². The van der Waals surface area contributed by atoms with Crippen LogP contribution in [0, 0.1) is 0 Å². The van der Waals surface area contributed by atoms with E-state index in [2.05, 4.69) is 10.3 Å². The summed E-state index contributed by atoms with van der Waals surface area (Å²) in [6.45, 7) is 4.01. The number of nitrogens with zero attached hydrogens (tertiary/aromatic N) is 1. The normalized spacial score (nSPS) is 11.8. The van der Waals surface area contributed by atoms with Crippen LogP contribution in [0.5, 0.6) is 5.75 Å². The van der Waals surface area contributed by atoms with Crippen molar-refractivity contribution in [3.63, 3.8) is 0 Å². The Morgan fingerprint density at radius 3 is 2.81 bits per heavy atom. The Morgan fingerprint density at radius 1 is 1.23 bits per heavy atom. The van der Waals surface area contributed by atoms with Crippen LogP contribution in [0.2, 0.25) is 0 Å². The number of methoxy groups -OCH3 is 1. The number of hydrogen-bond donors (Lipinski definition) is 1. The second-order valence-corrected chi connectivity index (χ2v) is 6.09. The summed E-state index contributed by atoms with van der Waals surface area (Å²) in [6, 6.07) is 15.0. The minimum Gasteiger partial charge on any atom is -0.497 e. The standard InChI is InChI=1S/C21H22N2O3/c1-4-14(2)23-20(24)17-10-5-6-11-18(17)21-22-13-19(26-21)15-8-7-9-16(12-15)25-3/h5-14H,4H2,1-3H3,(H,23,24)/t14-/m1/s1. The molecule has 0 aliphatic heterocycles. The third-order valence-corrected chi connectivity index (χ3v) is 4.25. The first kappa shape index (κ1) is 17.7. The monoisotopic (exact) mass is 350 g/mol. The fourth-order valence-electron chi connectivity index (χ4n) is 2.58. The predicted molar refractivity (Wildman–Crippen MR) is 101 cm³/mol. The van der Waals surface area contributed by atoms with Crippen LogP contribution in [0.1, 0.15) is 30.6 Å². The molecule has 0 bridgehead atoms. The van der Waals surface area contributed by atoms with Gasteiger partial charge in [-0.05, 0) is 37.6 Å². The van der Waals surface area contributed by atoms with Gasteiger partial charge in [0.25, 0.3) is 5.91 Å². The lowest BCUT2D eigenvalue weighted by Crippen LogP contribution is -2.32. The van der Waals surface area contributed by atoms with Gasteiger partial charge in [-0.1, -0.05) is 31.2 Å². The van der Waals surface area contributed by atoms with Crippen LogP contribution >= 0.6 is 0 Å². The maximum atomic E-state index is 12.6. The molecule has 1 atom stereocenters. The van der Waals surface area contributed by atoms with Crippen molar-refractivity contribution in [1.82, 2.24) is 10.3 Å². The van der Waals surface area contributed by atoms with Crippen molar-refractivity contribution in [1.29, 1.82) is 0 Å². The zero-order valence-electron chi connectivity index (χ0n) is 15.2. The van der Waals surface area contributed by atoms with Gasteiger partial charge in [-0.3, -0.25) is 4.79 Å². The van der Waals surface area contributed by atoms with Crippen molar-refractivity contribution in [2.24, 2.45) is 0 Å². The van der Waals surface area contributed by atoms with Gasteiger partial charge in [0.1, 0.15) is 5.75 Å². The van der Waals surface area contributed by atoms with Crippen molar-refractivity contribution in [3.05, 3.63) is 60.3 Å². The van der Waals surface area contributed by atoms with E-state index >= 15 is 0 Å². The highest BCUT2D eigenvalue weighted by Crippen LogP contribution is 2.29. The minimum absolute atomic E-state index is 0.104. The molecule has 3 aromatic rings. The Labute approximate surface area is 153 Å². The van der Waals surface area contributed by atoms with Crippen molar-refractivity contribution >= 4 is 5.91 Å². The van der Waals surface area contributed by atoms with Crippen LogP contribution in [0.25, 0.3) is 22.8 Å². The SMILES string of the molecule is CC[C@@H](C)NC(=O)c1ccccc1-c1ncc(-c2cccc(OC)c2)o1. The predicted octanol–water partition coefficient (Wildman–Crippen LogP) is 4.55. The van der Waals surface area contributed by atoms with Crippen LogP contribution in [0.15, 0.2) is 59.1 Å². The smallest absolute Gasteiger partial charge is 0.252 e. The number of benzene rings is 2. The van der Waals surface area contributed by atoms with Gasteiger partial charge in [-0.25, -0.2) is 4.98 Å². The number of ether oxygens (including phenoxy) is 1. The summed E-state index contributed by atoms with van der Waals surface area (Å²) in [5, 5.41) is 2.98. The summed E-state index contributed by atoms with van der Waals surface area (Å²) in [4.78, 5) is 16.9. The molecule has 0 aliphatic carbocycles. The van der Waals surface area contributed by atoms with Gasteiger partial charge in [-0.15, -0.1) is 0 Å². The Kier molecular flexibility index (Phi) is 5.37. The van der Waals surface area contributed by atoms with E-state index in [1.54, 1.807) is 19.4 Å². The van der Waals surface area contributed by atoms with E-state index in [0.717, 1.165) is 17.7 Å². The van der Waals surface area contributed by atoms with E-state index in [1.807, 2.05) is 56.3 Å². The number of rotatable bonds is 6. The molecule has 1 N–H and O–H groups in total. The summed E-state index contributed by atoms with van der Waals surface area (Å²) in [6.07, 6.45) is 2.53. The summed E-state index contributed by atoms with van der Waals surface area (Å²) >= 11 is 0. The number of carbonyl (C=O) groups excluding carboxylic acids is 1. The van der Waals surface area contributed by atoms with Gasteiger partial charge in [0.2, 0.25) is 5.89 Å². The quantitative estimate of drug-likeness (QED) is 0.708. The molecule has 1 heterocycles. The van der Waals surface area contributed by atoms with Crippen LogP contribution in [-0.2, 0) is 0 Å². The number of nitrogens with one attached hydrogen (secondary N) is 1. The molecule has 2 aromatic carbocycles. The van der Waals surface area contributed by atoms with Gasteiger partial charge in [0, 0.05) is 17.2 Å². The number of carbonyl (C=O) groups is 1. The highest BCUT2D eigenvalue weighted by molar-refractivity contribution is 6.00. The highest BCUT2D eigenvalue weighted by atomic mass is 16.5. The number of hydrogen-bond acceptors (Lipinski definition) is 4. The molecular weight excluding hydrogens is 328 g/mol. The molecule has 5 heteroatoms. The van der Waals surface area contributed by atoms with E-state index in [4.69, 9.17) is 9.15 Å². The molecule has 134 valence electrons. The average molecular weight is 350 g/mol. The first-order valence-corrected chi connectivity index (χ1v) is 8.63. The van der Waals surface area contributed by atoms with Crippen LogP contribution < -0.4 is 10.1 Å².